The molecule has 3 atom stereocenters. The molecule has 0 bridgehead atoms. The van der Waals surface area contributed by atoms with Crippen LogP contribution in [0.4, 0.5) is 0 Å². The van der Waals surface area contributed by atoms with Crippen molar-refractivity contribution in [1.29, 1.82) is 0 Å². The maximum absolute atomic E-state index is 12.2. The summed E-state index contributed by atoms with van der Waals surface area (Å²) in [6, 6.07) is -0.716. The molecule has 0 aliphatic heterocycles. The van der Waals surface area contributed by atoms with Crippen LogP contribution >= 0.6 is 0 Å². The summed E-state index contributed by atoms with van der Waals surface area (Å²) in [5, 5.41) is 0. The normalized spacial score (nSPS) is 16.2. The van der Waals surface area contributed by atoms with Crippen molar-refractivity contribution in [2.24, 2.45) is 17.6 Å². The van der Waals surface area contributed by atoms with Crippen LogP contribution in [0.3, 0.4) is 0 Å². The molecule has 0 aromatic rings. The van der Waals surface area contributed by atoms with E-state index in [9.17, 15) is 9.59 Å². The molecular formula is C16H31NO4. The van der Waals surface area contributed by atoms with Crippen LogP contribution in [0, 0.1) is 11.8 Å². The lowest BCUT2D eigenvalue weighted by Crippen LogP contribution is -2.43. The van der Waals surface area contributed by atoms with Crippen molar-refractivity contribution in [3.8, 4) is 0 Å². The molecule has 0 amide bonds. The second-order valence-corrected chi connectivity index (χ2v) is 7.00. The van der Waals surface area contributed by atoms with Crippen LogP contribution in [-0.4, -0.2) is 29.7 Å². The Kier molecular flexibility index (Phi) is 7.93. The van der Waals surface area contributed by atoms with Gasteiger partial charge in [-0.15, -0.1) is 0 Å². The van der Waals surface area contributed by atoms with E-state index >= 15 is 0 Å². The molecule has 5 nitrogen and oxygen atoms in total. The summed E-state index contributed by atoms with van der Waals surface area (Å²) < 4.78 is 10.6. The van der Waals surface area contributed by atoms with E-state index in [4.69, 9.17) is 15.2 Å². The van der Waals surface area contributed by atoms with Crippen molar-refractivity contribution < 1.29 is 19.1 Å². The molecule has 0 rings (SSSR count). The van der Waals surface area contributed by atoms with E-state index in [0.29, 0.717) is 6.42 Å². The minimum absolute atomic E-state index is 0.0100. The van der Waals surface area contributed by atoms with Gasteiger partial charge in [-0.3, -0.25) is 4.79 Å². The number of hydrogen-bond donors (Lipinski definition) is 1. The molecule has 0 fully saturated rings. The fourth-order valence-corrected chi connectivity index (χ4v) is 1.69. The number of ether oxygens (including phenoxy) is 2. The maximum Gasteiger partial charge on any atom is 0.347 e. The third kappa shape index (κ3) is 8.05. The standard InChI is InChI=1S/C16H31NO4/c1-8-11(4)13(17)15(19)20-12(9-10(2)3)14(18)21-16(5,6)7/h10-13H,8-9,17H2,1-7H3/t11-,12-,13-/m0/s1. The smallest absolute Gasteiger partial charge is 0.347 e. The molecule has 0 aromatic heterocycles. The lowest BCUT2D eigenvalue weighted by molar-refractivity contribution is -0.178. The number of hydrogen-bond acceptors (Lipinski definition) is 5. The summed E-state index contributed by atoms with van der Waals surface area (Å²) in [6.45, 7) is 13.1. The van der Waals surface area contributed by atoms with Gasteiger partial charge in [0.25, 0.3) is 0 Å². The Morgan fingerprint density at radius 1 is 1.10 bits per heavy atom. The topological polar surface area (TPSA) is 78.6 Å². The first-order chi connectivity index (χ1) is 9.47. The molecule has 5 heteroatoms. The van der Waals surface area contributed by atoms with E-state index in [2.05, 4.69) is 0 Å². The molecule has 0 radical (unpaired) electrons. The Morgan fingerprint density at radius 3 is 2.00 bits per heavy atom. The van der Waals surface area contributed by atoms with E-state index in [1.165, 1.54) is 0 Å². The Morgan fingerprint density at radius 2 is 1.62 bits per heavy atom. The SMILES string of the molecule is CC[C@H](C)[C@H](N)C(=O)O[C@@H](CC(C)C)C(=O)OC(C)(C)C. The van der Waals surface area contributed by atoms with E-state index in [0.717, 1.165) is 6.42 Å². The predicted octanol–water partition coefficient (Wildman–Crippen LogP) is 2.66. The van der Waals surface area contributed by atoms with E-state index in [1.54, 1.807) is 20.8 Å². The van der Waals surface area contributed by atoms with Crippen molar-refractivity contribution in [2.75, 3.05) is 0 Å². The van der Waals surface area contributed by atoms with Gasteiger partial charge in [-0.1, -0.05) is 34.1 Å². The van der Waals surface area contributed by atoms with Gasteiger partial charge < -0.3 is 15.2 Å². The number of nitrogens with two attached hydrogens (primary N) is 1. The van der Waals surface area contributed by atoms with E-state index in [-0.39, 0.29) is 11.8 Å². The zero-order chi connectivity index (χ0) is 16.8. The minimum atomic E-state index is -0.896. The van der Waals surface area contributed by atoms with Crippen LogP contribution < -0.4 is 5.73 Å². The van der Waals surface area contributed by atoms with Gasteiger partial charge in [0, 0.05) is 0 Å². The van der Waals surface area contributed by atoms with E-state index in [1.807, 2.05) is 27.7 Å². The molecule has 0 aromatic carbocycles. The van der Waals surface area contributed by atoms with Crippen LogP contribution in [0.2, 0.25) is 0 Å². The lowest BCUT2D eigenvalue weighted by atomic mass is 10.00. The minimum Gasteiger partial charge on any atom is -0.457 e. The van der Waals surface area contributed by atoms with Gasteiger partial charge in [-0.2, -0.15) is 0 Å². The molecule has 0 aliphatic carbocycles. The first-order valence-electron chi connectivity index (χ1n) is 7.66. The Bertz CT molecular complexity index is 347. The zero-order valence-corrected chi connectivity index (χ0v) is 14.4. The highest BCUT2D eigenvalue weighted by Crippen LogP contribution is 2.17. The summed E-state index contributed by atoms with van der Waals surface area (Å²) in [5.41, 5.74) is 5.24. The van der Waals surface area contributed by atoms with Gasteiger partial charge in [-0.25, -0.2) is 4.79 Å². The number of rotatable bonds is 7. The summed E-state index contributed by atoms with van der Waals surface area (Å²) in [5.74, 6) is -0.840. The molecule has 2 N–H and O–H groups in total. The molecule has 0 saturated heterocycles. The summed E-state index contributed by atoms with van der Waals surface area (Å²) in [6.07, 6.45) is 0.303. The summed E-state index contributed by atoms with van der Waals surface area (Å²) in [7, 11) is 0. The van der Waals surface area contributed by atoms with Crippen molar-refractivity contribution >= 4 is 11.9 Å². The van der Waals surface area contributed by atoms with Crippen molar-refractivity contribution in [1.82, 2.24) is 0 Å². The molecular weight excluding hydrogens is 270 g/mol. The molecule has 0 saturated carbocycles. The number of carbonyl (C=O) groups excluding carboxylic acids is 2. The Labute approximate surface area is 128 Å². The third-order valence-electron chi connectivity index (χ3n) is 3.14. The highest BCUT2D eigenvalue weighted by atomic mass is 16.6. The first-order valence-corrected chi connectivity index (χ1v) is 7.66. The molecule has 0 heterocycles. The van der Waals surface area contributed by atoms with Crippen molar-refractivity contribution in [2.45, 2.75) is 79.1 Å². The largest absolute Gasteiger partial charge is 0.457 e. The van der Waals surface area contributed by atoms with Crippen LogP contribution in [0.15, 0.2) is 0 Å². The fourth-order valence-electron chi connectivity index (χ4n) is 1.69. The van der Waals surface area contributed by atoms with Gasteiger partial charge in [0.2, 0.25) is 0 Å². The van der Waals surface area contributed by atoms with Crippen LogP contribution in [0.25, 0.3) is 0 Å². The fraction of sp³-hybridized carbons (Fsp3) is 0.875. The van der Waals surface area contributed by atoms with Gasteiger partial charge in [-0.05, 0) is 39.0 Å². The van der Waals surface area contributed by atoms with Crippen LogP contribution in [0.5, 0.6) is 0 Å². The third-order valence-corrected chi connectivity index (χ3v) is 3.14. The van der Waals surface area contributed by atoms with Crippen molar-refractivity contribution in [3.05, 3.63) is 0 Å². The quantitative estimate of drug-likeness (QED) is 0.731. The van der Waals surface area contributed by atoms with Crippen molar-refractivity contribution in [3.63, 3.8) is 0 Å². The lowest BCUT2D eigenvalue weighted by Gasteiger charge is -2.26. The number of esters is 2. The Balaban J connectivity index is 4.84. The molecule has 124 valence electrons. The van der Waals surface area contributed by atoms with Gasteiger partial charge in [0.15, 0.2) is 6.10 Å². The van der Waals surface area contributed by atoms with Gasteiger partial charge >= 0.3 is 11.9 Å². The second-order valence-electron chi connectivity index (χ2n) is 7.00. The molecule has 21 heavy (non-hydrogen) atoms. The monoisotopic (exact) mass is 301 g/mol. The summed E-state index contributed by atoms with van der Waals surface area (Å²) in [4.78, 5) is 24.2. The average molecular weight is 301 g/mol. The van der Waals surface area contributed by atoms with Crippen LogP contribution in [-0.2, 0) is 19.1 Å². The molecule has 0 unspecified atom stereocenters. The number of carbonyl (C=O) groups is 2. The van der Waals surface area contributed by atoms with Gasteiger partial charge in [0.1, 0.15) is 11.6 Å². The molecule has 0 spiro atoms. The summed E-state index contributed by atoms with van der Waals surface area (Å²) >= 11 is 0. The van der Waals surface area contributed by atoms with Gasteiger partial charge in [0.05, 0.1) is 0 Å². The second kappa shape index (κ2) is 8.37. The highest BCUT2D eigenvalue weighted by molar-refractivity contribution is 5.82. The Hall–Kier alpha value is -1.10. The van der Waals surface area contributed by atoms with Crippen LogP contribution in [0.1, 0.15) is 61.3 Å². The maximum atomic E-state index is 12.2. The molecule has 0 aliphatic rings. The zero-order valence-electron chi connectivity index (χ0n) is 14.4. The average Bonchev–Trinajstić information content (AvgIpc) is 2.33. The first kappa shape index (κ1) is 19.9. The van der Waals surface area contributed by atoms with E-state index < -0.39 is 29.7 Å². The predicted molar refractivity (Wildman–Crippen MR) is 82.6 cm³/mol. The highest BCUT2D eigenvalue weighted by Gasteiger charge is 2.31.